The Hall–Kier alpha value is -0.570. The van der Waals surface area contributed by atoms with Crippen LogP contribution in [0.3, 0.4) is 0 Å². The topological polar surface area (TPSA) is 41.1 Å². The first kappa shape index (κ1) is 12.9. The van der Waals surface area contributed by atoms with Crippen LogP contribution < -0.4 is 10.6 Å². The molecular weight excluding hydrogens is 212 g/mol. The monoisotopic (exact) mass is 238 g/mol. The second-order valence-electron chi connectivity index (χ2n) is 6.23. The zero-order valence-corrected chi connectivity index (χ0v) is 11.3. The van der Waals surface area contributed by atoms with Crippen molar-refractivity contribution in [3.05, 3.63) is 0 Å². The van der Waals surface area contributed by atoms with Crippen molar-refractivity contribution >= 4 is 5.91 Å². The van der Waals surface area contributed by atoms with E-state index in [4.69, 9.17) is 0 Å². The Bertz CT molecular complexity index is 278. The van der Waals surface area contributed by atoms with E-state index in [0.29, 0.717) is 11.3 Å². The molecule has 0 spiro atoms. The van der Waals surface area contributed by atoms with Crippen LogP contribution in [0.2, 0.25) is 0 Å². The summed E-state index contributed by atoms with van der Waals surface area (Å²) in [6.07, 6.45) is 6.83. The van der Waals surface area contributed by atoms with Crippen molar-refractivity contribution < 1.29 is 4.79 Å². The molecule has 2 fully saturated rings. The van der Waals surface area contributed by atoms with E-state index in [-0.39, 0.29) is 5.41 Å². The van der Waals surface area contributed by atoms with Crippen LogP contribution in [0.4, 0.5) is 0 Å². The summed E-state index contributed by atoms with van der Waals surface area (Å²) in [5, 5.41) is 6.56. The molecule has 0 unspecified atom stereocenters. The highest BCUT2D eigenvalue weighted by Gasteiger charge is 2.39. The fourth-order valence-corrected chi connectivity index (χ4v) is 3.08. The highest BCUT2D eigenvalue weighted by atomic mass is 16.2. The molecule has 1 saturated heterocycles. The van der Waals surface area contributed by atoms with Gasteiger partial charge in [0.25, 0.3) is 0 Å². The van der Waals surface area contributed by atoms with Crippen LogP contribution in [0, 0.1) is 10.8 Å². The quantitative estimate of drug-likeness (QED) is 0.787. The molecule has 3 heteroatoms. The molecule has 0 aromatic carbocycles. The number of hydrogen-bond donors (Lipinski definition) is 2. The maximum absolute atomic E-state index is 12.4. The fourth-order valence-electron chi connectivity index (χ4n) is 3.08. The number of hydrogen-bond acceptors (Lipinski definition) is 2. The molecule has 0 atom stereocenters. The predicted molar refractivity (Wildman–Crippen MR) is 69.8 cm³/mol. The smallest absolute Gasteiger partial charge is 0.226 e. The number of carbonyl (C=O) groups excluding carboxylic acids is 1. The minimum Gasteiger partial charge on any atom is -0.355 e. The Labute approximate surface area is 105 Å². The van der Waals surface area contributed by atoms with Crippen molar-refractivity contribution in [2.75, 3.05) is 19.6 Å². The molecule has 1 heterocycles. The van der Waals surface area contributed by atoms with Crippen molar-refractivity contribution in [3.63, 3.8) is 0 Å². The van der Waals surface area contributed by atoms with Crippen LogP contribution in [0.25, 0.3) is 0 Å². The van der Waals surface area contributed by atoms with E-state index in [1.54, 1.807) is 0 Å². The van der Waals surface area contributed by atoms with Gasteiger partial charge in [-0.2, -0.15) is 0 Å². The maximum atomic E-state index is 12.4. The lowest BCUT2D eigenvalue weighted by Crippen LogP contribution is -2.50. The highest BCUT2D eigenvalue weighted by Crippen LogP contribution is 2.40. The van der Waals surface area contributed by atoms with E-state index < -0.39 is 0 Å². The minimum atomic E-state index is -0.0919. The van der Waals surface area contributed by atoms with Crippen LogP contribution in [0.5, 0.6) is 0 Å². The molecule has 1 amide bonds. The number of nitrogens with one attached hydrogen (secondary N) is 2. The average Bonchev–Trinajstić information content (AvgIpc) is 2.34. The molecule has 0 aromatic heterocycles. The van der Waals surface area contributed by atoms with Gasteiger partial charge in [-0.25, -0.2) is 0 Å². The first-order valence-corrected chi connectivity index (χ1v) is 7.09. The van der Waals surface area contributed by atoms with Crippen LogP contribution in [0.15, 0.2) is 0 Å². The van der Waals surface area contributed by atoms with Gasteiger partial charge >= 0.3 is 0 Å². The van der Waals surface area contributed by atoms with Gasteiger partial charge in [0.15, 0.2) is 0 Å². The number of amides is 1. The number of carbonyl (C=O) groups is 1. The molecule has 0 aromatic rings. The molecule has 2 rings (SSSR count). The Morgan fingerprint density at radius 3 is 2.35 bits per heavy atom. The van der Waals surface area contributed by atoms with E-state index in [0.717, 1.165) is 38.9 Å². The largest absolute Gasteiger partial charge is 0.355 e. The predicted octanol–water partition coefficient (Wildman–Crippen LogP) is 2.07. The van der Waals surface area contributed by atoms with Gasteiger partial charge in [-0.05, 0) is 50.6 Å². The van der Waals surface area contributed by atoms with E-state index >= 15 is 0 Å². The van der Waals surface area contributed by atoms with E-state index in [1.807, 2.05) is 0 Å². The molecule has 1 aliphatic heterocycles. The van der Waals surface area contributed by atoms with Crippen LogP contribution in [0.1, 0.15) is 52.4 Å². The molecule has 0 radical (unpaired) electrons. The van der Waals surface area contributed by atoms with Gasteiger partial charge in [0.05, 0.1) is 5.41 Å². The summed E-state index contributed by atoms with van der Waals surface area (Å²) >= 11 is 0. The van der Waals surface area contributed by atoms with Crippen molar-refractivity contribution in [3.8, 4) is 0 Å². The SMILES string of the molecule is CCC1(C(=O)NCC2(C)CCC2)CCNCC1. The number of rotatable bonds is 4. The van der Waals surface area contributed by atoms with Crippen LogP contribution in [-0.4, -0.2) is 25.5 Å². The molecule has 2 aliphatic rings. The Morgan fingerprint density at radius 2 is 1.88 bits per heavy atom. The van der Waals surface area contributed by atoms with Crippen molar-refractivity contribution in [1.29, 1.82) is 0 Å². The first-order valence-electron chi connectivity index (χ1n) is 7.09. The van der Waals surface area contributed by atoms with Crippen molar-refractivity contribution in [1.82, 2.24) is 10.6 Å². The van der Waals surface area contributed by atoms with E-state index in [2.05, 4.69) is 24.5 Å². The van der Waals surface area contributed by atoms with Gasteiger partial charge < -0.3 is 10.6 Å². The summed E-state index contributed by atoms with van der Waals surface area (Å²) in [6.45, 7) is 7.28. The lowest BCUT2D eigenvalue weighted by Gasteiger charge is -2.41. The first-order chi connectivity index (χ1) is 8.10. The summed E-state index contributed by atoms with van der Waals surface area (Å²) in [4.78, 5) is 12.4. The van der Waals surface area contributed by atoms with Crippen molar-refractivity contribution in [2.45, 2.75) is 52.4 Å². The Kier molecular flexibility index (Phi) is 3.76. The van der Waals surface area contributed by atoms with Gasteiger partial charge in [0.1, 0.15) is 0 Å². The molecule has 1 saturated carbocycles. The Morgan fingerprint density at radius 1 is 1.24 bits per heavy atom. The normalized spacial score (nSPS) is 26.0. The second-order valence-corrected chi connectivity index (χ2v) is 6.23. The van der Waals surface area contributed by atoms with E-state index in [9.17, 15) is 4.79 Å². The van der Waals surface area contributed by atoms with Gasteiger partial charge in [-0.1, -0.05) is 20.3 Å². The lowest BCUT2D eigenvalue weighted by atomic mass is 9.70. The third kappa shape index (κ3) is 2.65. The third-order valence-electron chi connectivity index (χ3n) is 4.96. The van der Waals surface area contributed by atoms with Crippen LogP contribution in [-0.2, 0) is 4.79 Å². The summed E-state index contributed by atoms with van der Waals surface area (Å²) < 4.78 is 0. The maximum Gasteiger partial charge on any atom is 0.226 e. The molecular formula is C14H26N2O. The van der Waals surface area contributed by atoms with E-state index in [1.165, 1.54) is 19.3 Å². The molecule has 3 nitrogen and oxygen atoms in total. The van der Waals surface area contributed by atoms with Crippen LogP contribution >= 0.6 is 0 Å². The molecule has 2 N–H and O–H groups in total. The zero-order valence-electron chi connectivity index (χ0n) is 11.3. The van der Waals surface area contributed by atoms with Gasteiger partial charge in [0, 0.05) is 6.54 Å². The fraction of sp³-hybridized carbons (Fsp3) is 0.929. The van der Waals surface area contributed by atoms with Crippen molar-refractivity contribution in [2.24, 2.45) is 10.8 Å². The standard InChI is InChI=1S/C14H26N2O/c1-3-14(7-9-15-10-8-14)12(17)16-11-13(2)5-4-6-13/h15H,3-11H2,1-2H3,(H,16,17). The second kappa shape index (κ2) is 4.97. The van der Waals surface area contributed by atoms with Gasteiger partial charge in [0.2, 0.25) is 5.91 Å². The Balaban J connectivity index is 1.88. The highest BCUT2D eigenvalue weighted by molar-refractivity contribution is 5.82. The summed E-state index contributed by atoms with van der Waals surface area (Å²) in [5.74, 6) is 0.301. The molecule has 1 aliphatic carbocycles. The summed E-state index contributed by atoms with van der Waals surface area (Å²) in [7, 11) is 0. The van der Waals surface area contributed by atoms with Gasteiger partial charge in [-0.15, -0.1) is 0 Å². The molecule has 98 valence electrons. The zero-order chi connectivity index (χ0) is 12.4. The lowest BCUT2D eigenvalue weighted by molar-refractivity contribution is -0.133. The number of piperidine rings is 1. The summed E-state index contributed by atoms with van der Waals surface area (Å²) in [5.41, 5.74) is 0.295. The third-order valence-corrected chi connectivity index (χ3v) is 4.96. The molecule has 17 heavy (non-hydrogen) atoms. The van der Waals surface area contributed by atoms with Gasteiger partial charge in [-0.3, -0.25) is 4.79 Å². The average molecular weight is 238 g/mol. The molecule has 0 bridgehead atoms. The minimum absolute atomic E-state index is 0.0919. The summed E-state index contributed by atoms with van der Waals surface area (Å²) in [6, 6.07) is 0.